The van der Waals surface area contributed by atoms with Crippen molar-refractivity contribution in [3.63, 3.8) is 0 Å². The third-order valence-corrected chi connectivity index (χ3v) is 10.4. The minimum atomic E-state index is 0.549. The molecular weight excluding hydrogens is 765 g/mol. The van der Waals surface area contributed by atoms with Crippen LogP contribution < -0.4 is 20.9 Å². The fourth-order valence-corrected chi connectivity index (χ4v) is 7.08. The number of pyridine rings is 4. The van der Waals surface area contributed by atoms with Crippen molar-refractivity contribution < 1.29 is 9.47 Å². The highest BCUT2D eigenvalue weighted by Gasteiger charge is 2.16. The Kier molecular flexibility index (Phi) is 15.0. The number of nitrogens with two attached hydrogens (primary N) is 2. The number of nitrogens with zero attached hydrogens (tertiary/aromatic N) is 4. The molecule has 0 spiro atoms. The normalized spacial score (nSPS) is 10.6. The highest BCUT2D eigenvalue weighted by atomic mass is 16.5. The van der Waals surface area contributed by atoms with E-state index < -0.39 is 0 Å². The smallest absolute Gasteiger partial charge is 0.136 e. The Morgan fingerprint density at radius 1 is 0.419 bits per heavy atom. The van der Waals surface area contributed by atoms with Gasteiger partial charge in [0.15, 0.2) is 0 Å². The minimum absolute atomic E-state index is 0.549. The molecule has 0 atom stereocenters. The van der Waals surface area contributed by atoms with Crippen LogP contribution in [-0.4, -0.2) is 33.1 Å². The lowest BCUT2D eigenvalue weighted by molar-refractivity contribution is 0.295. The Bertz CT molecular complexity index is 2370. The number of aromatic nitrogens is 4. The van der Waals surface area contributed by atoms with Crippen molar-refractivity contribution in [1.29, 1.82) is 0 Å². The van der Waals surface area contributed by atoms with Gasteiger partial charge in [0, 0.05) is 70.3 Å². The summed E-state index contributed by atoms with van der Waals surface area (Å²) in [5.74, 6) is 15.1. The van der Waals surface area contributed by atoms with Gasteiger partial charge in [0.2, 0.25) is 0 Å². The molecule has 0 amide bonds. The number of nitrogen functional groups attached to an aromatic ring is 2. The fourth-order valence-electron chi connectivity index (χ4n) is 7.08. The summed E-state index contributed by atoms with van der Waals surface area (Å²) in [6.45, 7) is 5.51. The highest BCUT2D eigenvalue weighted by molar-refractivity contribution is 5.89. The van der Waals surface area contributed by atoms with E-state index in [-0.39, 0.29) is 0 Å². The van der Waals surface area contributed by atoms with Crippen LogP contribution in [0.2, 0.25) is 0 Å². The first-order valence-corrected chi connectivity index (χ1v) is 21.5. The summed E-state index contributed by atoms with van der Waals surface area (Å²) in [6, 6.07) is 35.0. The molecule has 4 heterocycles. The molecule has 0 aliphatic carbocycles. The Balaban J connectivity index is 1.34. The third kappa shape index (κ3) is 11.0. The summed E-state index contributed by atoms with van der Waals surface area (Å²) in [6.07, 6.45) is 15.6. The molecule has 8 nitrogen and oxygen atoms in total. The maximum absolute atomic E-state index is 6.81. The van der Waals surface area contributed by atoms with Crippen molar-refractivity contribution in [2.45, 2.75) is 65.2 Å². The molecule has 0 radical (unpaired) electrons. The van der Waals surface area contributed by atoms with Crippen molar-refractivity contribution in [3.8, 4) is 80.2 Å². The van der Waals surface area contributed by atoms with Crippen molar-refractivity contribution in [1.82, 2.24) is 19.9 Å². The van der Waals surface area contributed by atoms with E-state index in [0.717, 1.165) is 108 Å². The second-order valence-electron chi connectivity index (χ2n) is 15.0. The maximum Gasteiger partial charge on any atom is 0.136 e. The van der Waals surface area contributed by atoms with Gasteiger partial charge in [0.1, 0.15) is 11.5 Å². The largest absolute Gasteiger partial charge is 0.492 e. The van der Waals surface area contributed by atoms with Crippen LogP contribution in [0.25, 0.3) is 45.0 Å². The van der Waals surface area contributed by atoms with E-state index in [0.29, 0.717) is 47.2 Å². The molecule has 7 rings (SSSR count). The third-order valence-electron chi connectivity index (χ3n) is 10.4. The van der Waals surface area contributed by atoms with Gasteiger partial charge < -0.3 is 20.9 Å². The molecule has 3 aromatic carbocycles. The molecule has 62 heavy (non-hydrogen) atoms. The van der Waals surface area contributed by atoms with Gasteiger partial charge in [0.25, 0.3) is 0 Å². The maximum atomic E-state index is 6.81. The Hall–Kier alpha value is -7.42. The SMILES string of the molecule is CCCCCCOc1cc(C#Cc2cc(-c3ccccn3)c(N)c(-c3ccccn3)c2)c(OCCCCCC)cc1C#Cc1cc(-c2ccccn2)c(N)c(-c2ccccn2)c1. The number of hydrogen-bond donors (Lipinski definition) is 2. The van der Waals surface area contributed by atoms with Crippen molar-refractivity contribution in [2.75, 3.05) is 24.7 Å². The van der Waals surface area contributed by atoms with Crippen LogP contribution in [0, 0.1) is 23.7 Å². The minimum Gasteiger partial charge on any atom is -0.492 e. The molecule has 0 saturated carbocycles. The molecule has 310 valence electrons. The number of benzene rings is 3. The van der Waals surface area contributed by atoms with Crippen LogP contribution in [0.4, 0.5) is 11.4 Å². The number of hydrogen-bond acceptors (Lipinski definition) is 8. The second-order valence-corrected chi connectivity index (χ2v) is 15.0. The van der Waals surface area contributed by atoms with Crippen LogP contribution in [0.15, 0.2) is 134 Å². The van der Waals surface area contributed by atoms with Gasteiger partial charge in [-0.25, -0.2) is 0 Å². The van der Waals surface area contributed by atoms with E-state index in [4.69, 9.17) is 20.9 Å². The van der Waals surface area contributed by atoms with Gasteiger partial charge in [0.05, 0.1) is 58.5 Å². The second kappa shape index (κ2) is 21.7. The van der Waals surface area contributed by atoms with Crippen LogP contribution >= 0.6 is 0 Å². The molecule has 0 aliphatic rings. The average molecular weight is 817 g/mol. The van der Waals surface area contributed by atoms with E-state index in [2.05, 4.69) is 57.5 Å². The molecule has 0 bridgehead atoms. The predicted octanol–water partition coefficient (Wildman–Crippen LogP) is 11.8. The van der Waals surface area contributed by atoms with E-state index >= 15 is 0 Å². The zero-order chi connectivity index (χ0) is 42.9. The first-order valence-electron chi connectivity index (χ1n) is 21.5. The van der Waals surface area contributed by atoms with Crippen molar-refractivity contribution >= 4 is 11.4 Å². The number of ether oxygens (including phenoxy) is 2. The van der Waals surface area contributed by atoms with Crippen LogP contribution in [-0.2, 0) is 0 Å². The molecule has 8 heteroatoms. The molecule has 0 aliphatic heterocycles. The lowest BCUT2D eigenvalue weighted by atomic mass is 9.97. The molecule has 0 saturated heterocycles. The average Bonchev–Trinajstić information content (AvgIpc) is 3.32. The van der Waals surface area contributed by atoms with Gasteiger partial charge in [-0.05, 0) is 85.6 Å². The Labute approximate surface area is 365 Å². The summed E-state index contributed by atoms with van der Waals surface area (Å²) in [7, 11) is 0. The predicted molar refractivity (Wildman–Crippen MR) is 252 cm³/mol. The van der Waals surface area contributed by atoms with Gasteiger partial charge in [-0.2, -0.15) is 0 Å². The van der Waals surface area contributed by atoms with Crippen LogP contribution in [0.3, 0.4) is 0 Å². The lowest BCUT2D eigenvalue weighted by Crippen LogP contribution is -2.03. The summed E-state index contributed by atoms with van der Waals surface area (Å²) in [4.78, 5) is 18.5. The van der Waals surface area contributed by atoms with Gasteiger partial charge in [-0.15, -0.1) is 0 Å². The van der Waals surface area contributed by atoms with Gasteiger partial charge in [-0.1, -0.05) is 100 Å². The quantitative estimate of drug-likeness (QED) is 0.0562. The molecule has 0 unspecified atom stereocenters. The molecule has 0 fully saturated rings. The first-order chi connectivity index (χ1) is 30.5. The van der Waals surface area contributed by atoms with E-state index in [9.17, 15) is 0 Å². The lowest BCUT2D eigenvalue weighted by Gasteiger charge is -2.14. The topological polar surface area (TPSA) is 122 Å². The molecule has 4 aromatic heterocycles. The molecule has 7 aromatic rings. The number of anilines is 2. The zero-order valence-corrected chi connectivity index (χ0v) is 35.5. The Morgan fingerprint density at radius 3 is 1.05 bits per heavy atom. The molecule has 4 N–H and O–H groups in total. The van der Waals surface area contributed by atoms with Crippen LogP contribution in [0.5, 0.6) is 11.5 Å². The number of unbranched alkanes of at least 4 members (excludes halogenated alkanes) is 6. The summed E-state index contributed by atoms with van der Waals surface area (Å²) in [5, 5.41) is 0. The van der Waals surface area contributed by atoms with Gasteiger partial charge >= 0.3 is 0 Å². The van der Waals surface area contributed by atoms with Gasteiger partial charge in [-0.3, -0.25) is 19.9 Å². The number of rotatable bonds is 16. The zero-order valence-electron chi connectivity index (χ0n) is 35.5. The first kappa shape index (κ1) is 42.7. The highest BCUT2D eigenvalue weighted by Crippen LogP contribution is 2.37. The summed E-state index contributed by atoms with van der Waals surface area (Å²) < 4.78 is 13.1. The van der Waals surface area contributed by atoms with E-state index in [1.54, 1.807) is 24.8 Å². The van der Waals surface area contributed by atoms with Crippen molar-refractivity contribution in [3.05, 3.63) is 156 Å². The monoisotopic (exact) mass is 816 g/mol. The summed E-state index contributed by atoms with van der Waals surface area (Å²) in [5.41, 5.74) is 23.9. The van der Waals surface area contributed by atoms with E-state index in [1.807, 2.05) is 109 Å². The van der Waals surface area contributed by atoms with Crippen molar-refractivity contribution in [2.24, 2.45) is 0 Å². The molecular formula is C54H52N6O2. The summed E-state index contributed by atoms with van der Waals surface area (Å²) >= 11 is 0. The Morgan fingerprint density at radius 2 is 0.758 bits per heavy atom. The standard InChI is InChI=1S/C54H52N6O2/c1-3-5-7-17-31-61-51-37-42(26-24-40-35-45(49-21-11-15-29-59-49)54(56)46(36-40)50-22-12-16-30-60-50)52(62-32-18-8-6-4-2)38-41(51)25-23-39-33-43(47-19-9-13-27-57-47)53(55)44(34-39)48-20-10-14-28-58-48/h9-16,19-22,27-30,33-38H,3-8,17-18,31-32,55-56H2,1-2H3. The fraction of sp³-hybridized carbons (Fsp3) is 0.222. The van der Waals surface area contributed by atoms with Crippen LogP contribution in [0.1, 0.15) is 87.5 Å². The van der Waals surface area contributed by atoms with E-state index in [1.165, 1.54) is 0 Å².